The Labute approximate surface area is 167 Å². The molecule has 2 aromatic rings. The van der Waals surface area contributed by atoms with Gasteiger partial charge >= 0.3 is 6.03 Å². The molecule has 1 atom stereocenters. The van der Waals surface area contributed by atoms with Crippen LogP contribution in [0.5, 0.6) is 11.5 Å². The Hall–Kier alpha value is -2.73. The van der Waals surface area contributed by atoms with Gasteiger partial charge in [-0.2, -0.15) is 0 Å². The van der Waals surface area contributed by atoms with E-state index < -0.39 is 0 Å². The van der Waals surface area contributed by atoms with E-state index in [1.54, 1.807) is 19.1 Å². The molecule has 2 amide bonds. The second-order valence-corrected chi connectivity index (χ2v) is 7.26. The molecular formula is C22H29N3O3. The Morgan fingerprint density at radius 3 is 2.64 bits per heavy atom. The molecule has 150 valence electrons. The molecule has 2 aromatic carbocycles. The van der Waals surface area contributed by atoms with Gasteiger partial charge in [0.1, 0.15) is 11.5 Å². The van der Waals surface area contributed by atoms with Gasteiger partial charge in [0.05, 0.1) is 14.2 Å². The zero-order chi connectivity index (χ0) is 20.1. The summed E-state index contributed by atoms with van der Waals surface area (Å²) in [4.78, 5) is 16.7. The molecule has 1 aliphatic heterocycles. The number of carbonyl (C=O) groups excluding carboxylic acids is 1. The lowest BCUT2D eigenvalue weighted by Crippen LogP contribution is -2.48. The maximum Gasteiger partial charge on any atom is 0.317 e. The molecule has 28 heavy (non-hydrogen) atoms. The number of rotatable bonds is 6. The minimum absolute atomic E-state index is 0.0999. The third kappa shape index (κ3) is 4.57. The van der Waals surface area contributed by atoms with Crippen LogP contribution >= 0.6 is 0 Å². The van der Waals surface area contributed by atoms with Crippen molar-refractivity contribution in [2.24, 2.45) is 0 Å². The number of nitrogens with zero attached hydrogens (tertiary/aromatic N) is 2. The fourth-order valence-electron chi connectivity index (χ4n) is 3.65. The largest absolute Gasteiger partial charge is 0.497 e. The Balaban J connectivity index is 1.58. The fraction of sp³-hybridized carbons (Fsp3) is 0.409. The van der Waals surface area contributed by atoms with Crippen LogP contribution < -0.4 is 14.8 Å². The number of urea groups is 1. The molecule has 0 spiro atoms. The summed E-state index contributed by atoms with van der Waals surface area (Å²) in [6.45, 7) is 1.97. The number of hydrogen-bond acceptors (Lipinski definition) is 4. The molecule has 1 heterocycles. The lowest BCUT2D eigenvalue weighted by Gasteiger charge is -2.36. The smallest absolute Gasteiger partial charge is 0.317 e. The van der Waals surface area contributed by atoms with Gasteiger partial charge in [0, 0.05) is 38.3 Å². The summed E-state index contributed by atoms with van der Waals surface area (Å²) in [6, 6.07) is 14.3. The minimum Gasteiger partial charge on any atom is -0.497 e. The Morgan fingerprint density at radius 1 is 1.18 bits per heavy atom. The van der Waals surface area contributed by atoms with Gasteiger partial charge in [0.2, 0.25) is 0 Å². The van der Waals surface area contributed by atoms with E-state index in [2.05, 4.69) is 41.5 Å². The average Bonchev–Trinajstić information content (AvgIpc) is 2.72. The lowest BCUT2D eigenvalue weighted by atomic mass is 9.94. The summed E-state index contributed by atoms with van der Waals surface area (Å²) in [5.74, 6) is 1.47. The molecule has 6 nitrogen and oxygen atoms in total. The monoisotopic (exact) mass is 383 g/mol. The van der Waals surface area contributed by atoms with E-state index in [0.29, 0.717) is 19.1 Å². The molecule has 0 bridgehead atoms. The van der Waals surface area contributed by atoms with Gasteiger partial charge < -0.3 is 19.7 Å². The standard InChI is InChI=1S/C22H29N3O3/c1-24-14-17-8-6-5-7-16(17)11-19(24)15-25(2)22(26)23-13-18-12-20(27-3)9-10-21(18)28-4/h5-10,12,19H,11,13-15H2,1-4H3,(H,23,26)/t19-/m1/s1. The highest BCUT2D eigenvalue weighted by atomic mass is 16.5. The van der Waals surface area contributed by atoms with Gasteiger partial charge in [-0.05, 0) is 42.8 Å². The highest BCUT2D eigenvalue weighted by Crippen LogP contribution is 2.24. The molecule has 0 saturated heterocycles. The van der Waals surface area contributed by atoms with Crippen molar-refractivity contribution < 1.29 is 14.3 Å². The summed E-state index contributed by atoms with van der Waals surface area (Å²) in [5, 5.41) is 2.98. The number of methoxy groups -OCH3 is 2. The molecule has 1 aliphatic rings. The van der Waals surface area contributed by atoms with Crippen LogP contribution in [0.1, 0.15) is 16.7 Å². The van der Waals surface area contributed by atoms with Crippen LogP contribution in [-0.2, 0) is 19.5 Å². The van der Waals surface area contributed by atoms with Gasteiger partial charge in [0.15, 0.2) is 0 Å². The first-order chi connectivity index (χ1) is 13.5. The number of carbonyl (C=O) groups is 1. The SMILES string of the molecule is COc1ccc(OC)c(CNC(=O)N(C)C[C@H]2Cc3ccccc3CN2C)c1. The molecule has 6 heteroatoms. The third-order valence-electron chi connectivity index (χ3n) is 5.37. The van der Waals surface area contributed by atoms with E-state index in [4.69, 9.17) is 9.47 Å². The first-order valence-corrected chi connectivity index (χ1v) is 9.48. The normalized spacial score (nSPS) is 16.2. The van der Waals surface area contributed by atoms with E-state index in [1.165, 1.54) is 11.1 Å². The second-order valence-electron chi connectivity index (χ2n) is 7.26. The van der Waals surface area contributed by atoms with Crippen molar-refractivity contribution in [1.29, 1.82) is 0 Å². The van der Waals surface area contributed by atoms with Crippen LogP contribution in [-0.4, -0.2) is 56.7 Å². The average molecular weight is 383 g/mol. The third-order valence-corrected chi connectivity index (χ3v) is 5.37. The first-order valence-electron chi connectivity index (χ1n) is 9.48. The minimum atomic E-state index is -0.0999. The second kappa shape index (κ2) is 8.97. The van der Waals surface area contributed by atoms with E-state index in [9.17, 15) is 4.79 Å². The van der Waals surface area contributed by atoms with Crippen molar-refractivity contribution >= 4 is 6.03 Å². The molecule has 3 rings (SSSR count). The van der Waals surface area contributed by atoms with E-state index in [1.807, 2.05) is 25.2 Å². The quantitative estimate of drug-likeness (QED) is 0.833. The van der Waals surface area contributed by atoms with Gasteiger partial charge in [-0.3, -0.25) is 4.90 Å². The molecule has 0 radical (unpaired) electrons. The predicted molar refractivity (Wildman–Crippen MR) is 110 cm³/mol. The highest BCUT2D eigenvalue weighted by Gasteiger charge is 2.25. The van der Waals surface area contributed by atoms with E-state index in [-0.39, 0.29) is 6.03 Å². The van der Waals surface area contributed by atoms with Crippen LogP contribution in [0.3, 0.4) is 0 Å². The topological polar surface area (TPSA) is 54.0 Å². The summed E-state index contributed by atoms with van der Waals surface area (Å²) >= 11 is 0. The van der Waals surface area contributed by atoms with Crippen molar-refractivity contribution in [3.63, 3.8) is 0 Å². The van der Waals surface area contributed by atoms with Gasteiger partial charge in [-0.15, -0.1) is 0 Å². The van der Waals surface area contributed by atoms with Crippen molar-refractivity contribution in [2.45, 2.75) is 25.6 Å². The fourth-order valence-corrected chi connectivity index (χ4v) is 3.65. The van der Waals surface area contributed by atoms with Crippen LogP contribution in [0.4, 0.5) is 4.79 Å². The number of benzene rings is 2. The van der Waals surface area contributed by atoms with Crippen molar-refractivity contribution in [3.8, 4) is 11.5 Å². The number of nitrogens with one attached hydrogen (secondary N) is 1. The van der Waals surface area contributed by atoms with Crippen molar-refractivity contribution in [1.82, 2.24) is 15.1 Å². The predicted octanol–water partition coefficient (Wildman–Crippen LogP) is 2.90. The van der Waals surface area contributed by atoms with Gasteiger partial charge in [-0.1, -0.05) is 24.3 Å². The molecule has 0 aromatic heterocycles. The molecule has 1 N–H and O–H groups in total. The maximum atomic E-state index is 12.6. The van der Waals surface area contributed by atoms with Crippen LogP contribution in [0, 0.1) is 0 Å². The van der Waals surface area contributed by atoms with Gasteiger partial charge in [0.25, 0.3) is 0 Å². The van der Waals surface area contributed by atoms with E-state index in [0.717, 1.165) is 30.0 Å². The molecule has 0 aliphatic carbocycles. The maximum absolute atomic E-state index is 12.6. The number of fused-ring (bicyclic) bond motifs is 1. The summed E-state index contributed by atoms with van der Waals surface area (Å²) in [5.41, 5.74) is 3.63. The Kier molecular flexibility index (Phi) is 6.41. The van der Waals surface area contributed by atoms with Crippen molar-refractivity contribution in [2.75, 3.05) is 34.9 Å². The summed E-state index contributed by atoms with van der Waals surface area (Å²) in [7, 11) is 7.20. The zero-order valence-corrected chi connectivity index (χ0v) is 17.1. The van der Waals surface area contributed by atoms with Crippen LogP contribution in [0.2, 0.25) is 0 Å². The zero-order valence-electron chi connectivity index (χ0n) is 17.1. The lowest BCUT2D eigenvalue weighted by molar-refractivity contribution is 0.159. The Bertz CT molecular complexity index is 824. The number of ether oxygens (including phenoxy) is 2. The van der Waals surface area contributed by atoms with Crippen LogP contribution in [0.25, 0.3) is 0 Å². The van der Waals surface area contributed by atoms with Crippen LogP contribution in [0.15, 0.2) is 42.5 Å². The number of likely N-dealkylation sites (N-methyl/N-ethyl adjacent to an activating group) is 2. The first kappa shape index (κ1) is 20.0. The number of amides is 2. The van der Waals surface area contributed by atoms with Gasteiger partial charge in [-0.25, -0.2) is 4.79 Å². The Morgan fingerprint density at radius 2 is 1.93 bits per heavy atom. The molecule has 0 unspecified atom stereocenters. The molecular weight excluding hydrogens is 354 g/mol. The number of hydrogen-bond donors (Lipinski definition) is 1. The van der Waals surface area contributed by atoms with Crippen molar-refractivity contribution in [3.05, 3.63) is 59.2 Å². The molecule has 0 fully saturated rings. The van der Waals surface area contributed by atoms with E-state index >= 15 is 0 Å². The summed E-state index contributed by atoms with van der Waals surface area (Å²) < 4.78 is 10.6. The highest BCUT2D eigenvalue weighted by molar-refractivity contribution is 5.74. The molecule has 0 saturated carbocycles. The summed E-state index contributed by atoms with van der Waals surface area (Å²) in [6.07, 6.45) is 0.952.